The first-order valence-electron chi connectivity index (χ1n) is 4.04. The molecule has 0 aromatic heterocycles. The van der Waals surface area contributed by atoms with E-state index < -0.39 is 0 Å². The summed E-state index contributed by atoms with van der Waals surface area (Å²) in [6.45, 7) is 6.89. The number of ether oxygens (including phenoxy) is 1. The second kappa shape index (κ2) is 6.90. The fourth-order valence-corrected chi connectivity index (χ4v) is 1.74. The quantitative estimate of drug-likeness (QED) is 0.453. The summed E-state index contributed by atoms with van der Waals surface area (Å²) in [6, 6.07) is 0. The summed E-state index contributed by atoms with van der Waals surface area (Å²) in [5, 5.41) is 0. The van der Waals surface area contributed by atoms with E-state index in [2.05, 4.69) is 32.4 Å². The molecule has 0 radical (unpaired) electrons. The van der Waals surface area contributed by atoms with Gasteiger partial charge < -0.3 is 4.74 Å². The maximum absolute atomic E-state index is 11.0. The van der Waals surface area contributed by atoms with Crippen LogP contribution in [0, 0.1) is 5.41 Å². The summed E-state index contributed by atoms with van der Waals surface area (Å²) in [6.07, 6.45) is 0.900. The van der Waals surface area contributed by atoms with Gasteiger partial charge in [-0.2, -0.15) is 0 Å². The van der Waals surface area contributed by atoms with Gasteiger partial charge in [0.1, 0.15) is 5.75 Å². The summed E-state index contributed by atoms with van der Waals surface area (Å²) in [4.78, 5) is 11.0. The van der Waals surface area contributed by atoms with E-state index in [9.17, 15) is 4.79 Å². The van der Waals surface area contributed by atoms with E-state index in [-0.39, 0.29) is 11.4 Å². The number of hydrogen-bond acceptors (Lipinski definition) is 5. The van der Waals surface area contributed by atoms with Crippen molar-refractivity contribution in [3.05, 3.63) is 0 Å². The van der Waals surface area contributed by atoms with Crippen molar-refractivity contribution >= 4 is 38.2 Å². The van der Waals surface area contributed by atoms with Crippen LogP contribution in [0.3, 0.4) is 0 Å². The van der Waals surface area contributed by atoms with Gasteiger partial charge in [0.05, 0.1) is 6.61 Å². The smallest absolute Gasteiger partial charge is 0.316 e. The first kappa shape index (κ1) is 13.5. The lowest BCUT2D eigenvalue weighted by molar-refractivity contribution is -0.140. The molecule has 0 saturated heterocycles. The number of thiol groups is 1. The zero-order chi connectivity index (χ0) is 10.3. The maximum atomic E-state index is 11.0. The molecule has 0 aliphatic heterocycles. The van der Waals surface area contributed by atoms with E-state index in [0.717, 1.165) is 6.42 Å². The van der Waals surface area contributed by atoms with E-state index in [1.165, 1.54) is 20.6 Å². The Hall–Kier alpha value is 0.520. The number of esters is 1. The molecule has 0 saturated carbocycles. The van der Waals surface area contributed by atoms with Crippen LogP contribution in [0.2, 0.25) is 0 Å². The number of hydrogen-bond donors (Lipinski definition) is 1. The molecule has 13 heavy (non-hydrogen) atoms. The fraction of sp³-hybridized carbons (Fsp3) is 0.875. The van der Waals surface area contributed by atoms with Gasteiger partial charge in [0.15, 0.2) is 0 Å². The second-order valence-corrected chi connectivity index (χ2v) is 7.04. The van der Waals surface area contributed by atoms with Crippen molar-refractivity contribution in [2.24, 2.45) is 5.41 Å². The fourth-order valence-electron chi connectivity index (χ4n) is 0.587. The van der Waals surface area contributed by atoms with Crippen LogP contribution in [-0.4, -0.2) is 18.3 Å². The van der Waals surface area contributed by atoms with Gasteiger partial charge >= 0.3 is 5.97 Å². The monoisotopic (exact) mass is 240 g/mol. The number of rotatable bonds is 5. The molecule has 0 unspecified atom stereocenters. The Morgan fingerprint density at radius 1 is 1.46 bits per heavy atom. The minimum Gasteiger partial charge on any atom is -0.465 e. The van der Waals surface area contributed by atoms with Gasteiger partial charge in [0.2, 0.25) is 0 Å². The Morgan fingerprint density at radius 3 is 2.54 bits per heavy atom. The van der Waals surface area contributed by atoms with Crippen molar-refractivity contribution in [1.82, 2.24) is 0 Å². The molecule has 0 aliphatic carbocycles. The average Bonchev–Trinajstić information content (AvgIpc) is 1.98. The first-order valence-corrected chi connectivity index (χ1v) is 7.41. The third-order valence-corrected chi connectivity index (χ3v) is 3.42. The molecular formula is C8H16O2S3. The van der Waals surface area contributed by atoms with Crippen LogP contribution >= 0.6 is 32.3 Å². The van der Waals surface area contributed by atoms with Crippen LogP contribution in [-0.2, 0) is 9.53 Å². The van der Waals surface area contributed by atoms with Gasteiger partial charge in [-0.3, -0.25) is 4.79 Å². The van der Waals surface area contributed by atoms with Crippen molar-refractivity contribution in [3.63, 3.8) is 0 Å². The van der Waals surface area contributed by atoms with Gasteiger partial charge in [-0.25, -0.2) is 0 Å². The van der Waals surface area contributed by atoms with Crippen LogP contribution in [0.1, 0.15) is 27.2 Å². The summed E-state index contributed by atoms with van der Waals surface area (Å²) >= 11 is 3.90. The molecule has 0 bridgehead atoms. The molecule has 0 rings (SSSR count). The molecule has 0 amide bonds. The van der Waals surface area contributed by atoms with Crippen LogP contribution < -0.4 is 0 Å². The summed E-state index contributed by atoms with van der Waals surface area (Å²) in [5.74, 6) is 0.217. The Labute approximate surface area is 92.8 Å². The highest BCUT2D eigenvalue weighted by Crippen LogP contribution is 2.24. The molecule has 78 valence electrons. The predicted octanol–water partition coefficient (Wildman–Crippen LogP) is 3.19. The van der Waals surface area contributed by atoms with Gasteiger partial charge in [-0.05, 0) is 21.7 Å². The minimum atomic E-state index is -0.157. The highest BCUT2D eigenvalue weighted by atomic mass is 33.5. The molecule has 5 heteroatoms. The molecule has 0 heterocycles. The number of carbonyl (C=O) groups is 1. The van der Waals surface area contributed by atoms with E-state index >= 15 is 0 Å². The van der Waals surface area contributed by atoms with Gasteiger partial charge in [0.25, 0.3) is 0 Å². The van der Waals surface area contributed by atoms with E-state index in [1.54, 1.807) is 0 Å². The lowest BCUT2D eigenvalue weighted by Gasteiger charge is -2.17. The third kappa shape index (κ3) is 10.4. The summed E-state index contributed by atoms with van der Waals surface area (Å²) in [5.41, 5.74) is 0.228. The van der Waals surface area contributed by atoms with Crippen molar-refractivity contribution in [2.45, 2.75) is 27.2 Å². The predicted molar refractivity (Wildman–Crippen MR) is 64.1 cm³/mol. The molecule has 0 aromatic rings. The summed E-state index contributed by atoms with van der Waals surface area (Å²) < 4.78 is 5.01. The molecule has 0 N–H and O–H groups in total. The zero-order valence-electron chi connectivity index (χ0n) is 8.20. The van der Waals surface area contributed by atoms with Gasteiger partial charge in [-0.1, -0.05) is 43.2 Å². The molecular weight excluding hydrogens is 224 g/mol. The first-order chi connectivity index (χ1) is 5.95. The molecule has 0 aliphatic rings. The second-order valence-electron chi connectivity index (χ2n) is 3.87. The zero-order valence-corrected chi connectivity index (χ0v) is 10.7. The van der Waals surface area contributed by atoms with Crippen LogP contribution in [0.25, 0.3) is 0 Å². The molecule has 0 spiro atoms. The number of carbonyl (C=O) groups excluding carboxylic acids is 1. The topological polar surface area (TPSA) is 26.3 Å². The lowest BCUT2D eigenvalue weighted by atomic mass is 9.93. The Kier molecular flexibility index (Phi) is 7.17. The van der Waals surface area contributed by atoms with E-state index in [0.29, 0.717) is 12.4 Å². The van der Waals surface area contributed by atoms with Gasteiger partial charge in [-0.15, -0.1) is 0 Å². The van der Waals surface area contributed by atoms with Crippen molar-refractivity contribution in [1.29, 1.82) is 0 Å². The molecule has 0 atom stereocenters. The largest absolute Gasteiger partial charge is 0.465 e. The standard InChI is InChI=1S/C8H16O2S3/c1-8(2,3)4-5-10-7(9)6-12-13-11/h11H,4-6H2,1-3H3. The Morgan fingerprint density at radius 2 is 2.08 bits per heavy atom. The van der Waals surface area contributed by atoms with Crippen molar-refractivity contribution in [3.8, 4) is 0 Å². The SMILES string of the molecule is CC(C)(C)CCOC(=O)CSSS. The highest BCUT2D eigenvalue weighted by Gasteiger charge is 2.11. The Balaban J connectivity index is 3.37. The Bertz CT molecular complexity index is 154. The summed E-state index contributed by atoms with van der Waals surface area (Å²) in [7, 11) is 2.66. The van der Waals surface area contributed by atoms with Gasteiger partial charge in [0, 0.05) is 0 Å². The van der Waals surface area contributed by atoms with Crippen molar-refractivity contribution in [2.75, 3.05) is 12.4 Å². The van der Waals surface area contributed by atoms with Crippen molar-refractivity contribution < 1.29 is 9.53 Å². The maximum Gasteiger partial charge on any atom is 0.316 e. The normalized spacial score (nSPS) is 11.4. The minimum absolute atomic E-state index is 0.157. The molecule has 0 fully saturated rings. The molecule has 2 nitrogen and oxygen atoms in total. The highest BCUT2D eigenvalue weighted by molar-refractivity contribution is 9.05. The lowest BCUT2D eigenvalue weighted by Crippen LogP contribution is -2.14. The van der Waals surface area contributed by atoms with E-state index in [1.807, 2.05) is 0 Å². The average molecular weight is 240 g/mol. The van der Waals surface area contributed by atoms with E-state index in [4.69, 9.17) is 4.74 Å². The van der Waals surface area contributed by atoms with Crippen LogP contribution in [0.4, 0.5) is 0 Å². The third-order valence-electron chi connectivity index (χ3n) is 1.34. The van der Waals surface area contributed by atoms with Crippen LogP contribution in [0.15, 0.2) is 0 Å². The van der Waals surface area contributed by atoms with Crippen LogP contribution in [0.5, 0.6) is 0 Å². The molecule has 0 aromatic carbocycles.